The van der Waals surface area contributed by atoms with Crippen molar-refractivity contribution in [1.29, 1.82) is 0 Å². The van der Waals surface area contributed by atoms with Crippen LogP contribution >= 0.6 is 34.8 Å². The van der Waals surface area contributed by atoms with Crippen LogP contribution in [-0.2, 0) is 17.8 Å². The van der Waals surface area contributed by atoms with E-state index >= 15 is 0 Å². The fraction of sp³-hybridized carbons (Fsp3) is 0.381. The Bertz CT molecular complexity index is 771. The van der Waals surface area contributed by atoms with E-state index in [1.165, 1.54) is 5.56 Å². The molecule has 0 spiro atoms. The van der Waals surface area contributed by atoms with Gasteiger partial charge in [-0.3, -0.25) is 9.69 Å². The number of hydrogen-bond acceptors (Lipinski definition) is 2. The average molecular weight is 426 g/mol. The van der Waals surface area contributed by atoms with Gasteiger partial charge in [0.1, 0.15) is 0 Å². The number of likely N-dealkylation sites (tertiary alicyclic amines) is 1. The van der Waals surface area contributed by atoms with Crippen LogP contribution in [0.5, 0.6) is 0 Å². The number of halogens is 3. The third-order valence-electron chi connectivity index (χ3n) is 5.01. The highest BCUT2D eigenvalue weighted by molar-refractivity contribution is 6.42. The minimum atomic E-state index is 0.0845. The largest absolute Gasteiger partial charge is 0.356 e. The van der Waals surface area contributed by atoms with Gasteiger partial charge in [-0.1, -0.05) is 59.1 Å². The number of carbonyl (C=O) groups is 1. The first-order valence-electron chi connectivity index (χ1n) is 9.20. The van der Waals surface area contributed by atoms with Crippen molar-refractivity contribution >= 4 is 40.7 Å². The molecule has 3 rings (SSSR count). The zero-order chi connectivity index (χ0) is 19.2. The molecule has 2 aromatic rings. The van der Waals surface area contributed by atoms with Crippen molar-refractivity contribution in [2.24, 2.45) is 5.92 Å². The fourth-order valence-corrected chi connectivity index (χ4v) is 3.90. The molecule has 0 aliphatic carbocycles. The van der Waals surface area contributed by atoms with Gasteiger partial charge in [0.25, 0.3) is 0 Å². The zero-order valence-corrected chi connectivity index (χ0v) is 17.3. The van der Waals surface area contributed by atoms with Crippen LogP contribution in [-0.4, -0.2) is 30.4 Å². The van der Waals surface area contributed by atoms with E-state index in [1.807, 2.05) is 36.4 Å². The van der Waals surface area contributed by atoms with E-state index in [0.29, 0.717) is 16.6 Å². The van der Waals surface area contributed by atoms with Gasteiger partial charge in [-0.25, -0.2) is 0 Å². The molecule has 144 valence electrons. The lowest BCUT2D eigenvalue weighted by atomic mass is 9.95. The lowest BCUT2D eigenvalue weighted by Gasteiger charge is -2.31. The van der Waals surface area contributed by atoms with E-state index < -0.39 is 0 Å². The van der Waals surface area contributed by atoms with E-state index in [2.05, 4.69) is 10.2 Å². The number of nitrogens with one attached hydrogen (secondary N) is 1. The Morgan fingerprint density at radius 2 is 1.74 bits per heavy atom. The number of amides is 1. The highest BCUT2D eigenvalue weighted by atomic mass is 35.5. The molecule has 0 radical (unpaired) electrons. The molecule has 1 N–H and O–H groups in total. The van der Waals surface area contributed by atoms with Crippen molar-refractivity contribution in [3.05, 3.63) is 68.7 Å². The van der Waals surface area contributed by atoms with Gasteiger partial charge < -0.3 is 5.32 Å². The van der Waals surface area contributed by atoms with Crippen LogP contribution in [0.3, 0.4) is 0 Å². The molecule has 3 nitrogen and oxygen atoms in total. The Kier molecular flexibility index (Phi) is 7.42. The molecular formula is C21H23Cl3N2O. The Morgan fingerprint density at radius 3 is 2.44 bits per heavy atom. The number of piperidine rings is 1. The van der Waals surface area contributed by atoms with Crippen LogP contribution in [0.4, 0.5) is 0 Å². The van der Waals surface area contributed by atoms with Crippen molar-refractivity contribution in [2.45, 2.75) is 25.8 Å². The minimum absolute atomic E-state index is 0.0845. The molecule has 1 amide bonds. The lowest BCUT2D eigenvalue weighted by molar-refractivity contribution is -0.126. The van der Waals surface area contributed by atoms with Crippen molar-refractivity contribution in [3.63, 3.8) is 0 Å². The number of hydrogen-bond donors (Lipinski definition) is 1. The van der Waals surface area contributed by atoms with Crippen molar-refractivity contribution in [3.8, 4) is 0 Å². The van der Waals surface area contributed by atoms with Gasteiger partial charge >= 0.3 is 0 Å². The maximum Gasteiger partial charge on any atom is 0.223 e. The van der Waals surface area contributed by atoms with Gasteiger partial charge in [0.2, 0.25) is 5.91 Å². The van der Waals surface area contributed by atoms with Crippen LogP contribution in [0.25, 0.3) is 0 Å². The summed E-state index contributed by atoms with van der Waals surface area (Å²) in [7, 11) is 0. The molecule has 0 unspecified atom stereocenters. The molecule has 1 heterocycles. The molecule has 1 aliphatic heterocycles. The smallest absolute Gasteiger partial charge is 0.223 e. The molecule has 2 aromatic carbocycles. The van der Waals surface area contributed by atoms with Crippen LogP contribution in [0, 0.1) is 5.92 Å². The second-order valence-corrected chi connectivity index (χ2v) is 8.15. The predicted molar refractivity (Wildman–Crippen MR) is 113 cm³/mol. The van der Waals surface area contributed by atoms with E-state index in [0.717, 1.165) is 49.5 Å². The summed E-state index contributed by atoms with van der Waals surface area (Å²) in [6.45, 7) is 3.19. The molecule has 0 bridgehead atoms. The molecule has 27 heavy (non-hydrogen) atoms. The third kappa shape index (κ3) is 5.86. The number of benzene rings is 2. The molecule has 6 heteroatoms. The van der Waals surface area contributed by atoms with E-state index in [1.54, 1.807) is 6.07 Å². The summed E-state index contributed by atoms with van der Waals surface area (Å²) in [6.07, 6.45) is 2.55. The van der Waals surface area contributed by atoms with Crippen molar-refractivity contribution in [2.75, 3.05) is 19.6 Å². The standard InChI is InChI=1S/C21H23Cl3N2O/c22-18-6-4-15(5-7-18)8-11-25-21(27)16-9-12-26(13-10-16)14-17-2-1-3-19(23)20(17)24/h1-7,16H,8-14H2,(H,25,27). The quantitative estimate of drug-likeness (QED) is 0.688. The molecule has 1 fully saturated rings. The summed E-state index contributed by atoms with van der Waals surface area (Å²) in [5.74, 6) is 0.241. The van der Waals surface area contributed by atoms with Gasteiger partial charge in [0, 0.05) is 24.0 Å². The second-order valence-electron chi connectivity index (χ2n) is 6.93. The summed E-state index contributed by atoms with van der Waals surface area (Å²) >= 11 is 18.3. The van der Waals surface area contributed by atoms with Gasteiger partial charge in [-0.05, 0) is 61.7 Å². The predicted octanol–water partition coefficient (Wildman–Crippen LogP) is 5.22. The molecule has 0 saturated carbocycles. The summed E-state index contributed by atoms with van der Waals surface area (Å²) < 4.78 is 0. The zero-order valence-electron chi connectivity index (χ0n) is 15.1. The highest BCUT2D eigenvalue weighted by Gasteiger charge is 2.25. The highest BCUT2D eigenvalue weighted by Crippen LogP contribution is 2.28. The maximum atomic E-state index is 12.4. The summed E-state index contributed by atoms with van der Waals surface area (Å²) in [4.78, 5) is 14.7. The van der Waals surface area contributed by atoms with Crippen LogP contribution in [0.2, 0.25) is 15.1 Å². The van der Waals surface area contributed by atoms with Gasteiger partial charge in [-0.2, -0.15) is 0 Å². The number of carbonyl (C=O) groups excluding carboxylic acids is 1. The first-order chi connectivity index (χ1) is 13.0. The van der Waals surface area contributed by atoms with Gasteiger partial charge in [-0.15, -0.1) is 0 Å². The first-order valence-corrected chi connectivity index (χ1v) is 10.3. The topological polar surface area (TPSA) is 32.3 Å². The van der Waals surface area contributed by atoms with Crippen molar-refractivity contribution < 1.29 is 4.79 Å². The Morgan fingerprint density at radius 1 is 1.04 bits per heavy atom. The fourth-order valence-electron chi connectivity index (χ4n) is 3.39. The summed E-state index contributed by atoms with van der Waals surface area (Å²) in [5, 5.41) is 5.01. The Hall–Kier alpha value is -1.26. The molecule has 1 saturated heterocycles. The van der Waals surface area contributed by atoms with E-state index in [4.69, 9.17) is 34.8 Å². The van der Waals surface area contributed by atoms with Gasteiger partial charge in [0.15, 0.2) is 0 Å². The van der Waals surface area contributed by atoms with Crippen LogP contribution < -0.4 is 5.32 Å². The normalized spacial score (nSPS) is 15.7. The first kappa shape index (κ1) is 20.5. The monoisotopic (exact) mass is 424 g/mol. The average Bonchev–Trinajstić information content (AvgIpc) is 2.67. The van der Waals surface area contributed by atoms with E-state index in [9.17, 15) is 4.79 Å². The maximum absolute atomic E-state index is 12.4. The van der Waals surface area contributed by atoms with Crippen LogP contribution in [0.15, 0.2) is 42.5 Å². The molecule has 0 atom stereocenters. The Labute approximate surface area is 175 Å². The van der Waals surface area contributed by atoms with Crippen molar-refractivity contribution in [1.82, 2.24) is 10.2 Å². The lowest BCUT2D eigenvalue weighted by Crippen LogP contribution is -2.40. The number of nitrogens with zero attached hydrogens (tertiary/aromatic N) is 1. The molecule has 1 aliphatic rings. The second kappa shape index (κ2) is 9.79. The molecular weight excluding hydrogens is 403 g/mol. The van der Waals surface area contributed by atoms with Crippen LogP contribution in [0.1, 0.15) is 24.0 Å². The van der Waals surface area contributed by atoms with Gasteiger partial charge in [0.05, 0.1) is 10.0 Å². The minimum Gasteiger partial charge on any atom is -0.356 e. The molecule has 0 aromatic heterocycles. The number of rotatable bonds is 6. The van der Waals surface area contributed by atoms with E-state index in [-0.39, 0.29) is 11.8 Å². The SMILES string of the molecule is O=C(NCCc1ccc(Cl)cc1)C1CCN(Cc2cccc(Cl)c2Cl)CC1. The third-order valence-corrected chi connectivity index (χ3v) is 6.12. The Balaban J connectivity index is 1.41. The summed E-state index contributed by atoms with van der Waals surface area (Å²) in [5.41, 5.74) is 2.21. The summed E-state index contributed by atoms with van der Waals surface area (Å²) in [6, 6.07) is 13.5.